The van der Waals surface area contributed by atoms with Gasteiger partial charge in [0, 0.05) is 43.8 Å². The predicted octanol–water partition coefficient (Wildman–Crippen LogP) is 11.7. The number of nitrogens with one attached hydrogen (secondary N) is 4. The first kappa shape index (κ1) is 59.3. The molecule has 3 saturated carbocycles. The number of anilines is 1. The molecule has 0 unspecified atom stereocenters. The van der Waals surface area contributed by atoms with Crippen molar-refractivity contribution < 1.29 is 43.1 Å². The molecule has 4 aliphatic rings. The third-order valence-corrected chi connectivity index (χ3v) is 17.9. The average Bonchev–Trinajstić information content (AvgIpc) is 3.73. The number of rotatable bonds is 27. The van der Waals surface area contributed by atoms with Gasteiger partial charge in [-0.25, -0.2) is 4.79 Å². The van der Waals surface area contributed by atoms with Crippen molar-refractivity contribution in [2.24, 2.45) is 52.3 Å². The van der Waals surface area contributed by atoms with Crippen LogP contribution in [0, 0.1) is 62.4 Å². The normalized spacial score (nSPS) is 25.1. The highest BCUT2D eigenvalue weighted by atomic mass is 32.2. The molecule has 4 aliphatic carbocycles. The van der Waals surface area contributed by atoms with Gasteiger partial charge >= 0.3 is 6.16 Å². The first-order chi connectivity index (χ1) is 35.8. The summed E-state index contributed by atoms with van der Waals surface area (Å²) in [6.07, 6.45) is 19.2. The summed E-state index contributed by atoms with van der Waals surface area (Å²) in [5, 5.41) is 22.3. The van der Waals surface area contributed by atoms with Gasteiger partial charge in [-0.1, -0.05) is 91.5 Å². The van der Waals surface area contributed by atoms with Crippen molar-refractivity contribution in [2.45, 2.75) is 176 Å². The van der Waals surface area contributed by atoms with Gasteiger partial charge in [-0.2, -0.15) is 11.8 Å². The highest BCUT2D eigenvalue weighted by molar-refractivity contribution is 7.98. The van der Waals surface area contributed by atoms with Crippen LogP contribution >= 0.6 is 11.8 Å². The number of nitro groups is 1. The van der Waals surface area contributed by atoms with E-state index in [1.165, 1.54) is 93.8 Å². The zero-order valence-corrected chi connectivity index (χ0v) is 46.9. The Morgan fingerprint density at radius 3 is 2.23 bits per heavy atom. The second-order valence-corrected chi connectivity index (χ2v) is 24.4. The van der Waals surface area contributed by atoms with Gasteiger partial charge in [-0.3, -0.25) is 29.3 Å². The van der Waals surface area contributed by atoms with E-state index in [0.29, 0.717) is 54.8 Å². The third-order valence-electron chi connectivity index (χ3n) is 17.3. The van der Waals surface area contributed by atoms with Gasteiger partial charge < -0.3 is 35.5 Å². The van der Waals surface area contributed by atoms with E-state index in [1.807, 2.05) is 20.1 Å². The van der Waals surface area contributed by atoms with Crippen molar-refractivity contribution in [1.82, 2.24) is 16.0 Å². The zero-order valence-electron chi connectivity index (χ0n) is 46.0. The van der Waals surface area contributed by atoms with E-state index < -0.39 is 40.9 Å². The van der Waals surface area contributed by atoms with E-state index in [-0.39, 0.29) is 54.2 Å². The van der Waals surface area contributed by atoms with Crippen LogP contribution in [0.3, 0.4) is 0 Å². The molecular formula is C59H87N5O10S. The van der Waals surface area contributed by atoms with Crippen molar-refractivity contribution in [3.05, 3.63) is 75.9 Å². The molecule has 16 heteroatoms. The fourth-order valence-electron chi connectivity index (χ4n) is 13.2. The monoisotopic (exact) mass is 1060 g/mol. The van der Waals surface area contributed by atoms with Crippen molar-refractivity contribution in [3.8, 4) is 5.75 Å². The zero-order chi connectivity index (χ0) is 54.3. The molecule has 2 aromatic carbocycles. The molecule has 0 aromatic heterocycles. The molecule has 15 nitrogen and oxygen atoms in total. The van der Waals surface area contributed by atoms with E-state index in [1.54, 1.807) is 29.8 Å². The SMILES string of the molecule is CSCC[C@H](NC(=O)[C@H](CC(C)C)NC(=O)CCC(=O)NCCCO[C@H]1CC[C@@]2(C)C(=CC[C@H]3[C@@H]4CC[C@H]([C@H](C)CCCC(C)C)[C@@]4(C)CC[C@@H]32)C1)C(=O)Nc1ccc(COC(=O)Oc2ccc([N+](=O)[O-])cc2)cc1. The van der Waals surface area contributed by atoms with Gasteiger partial charge in [0.1, 0.15) is 24.4 Å². The van der Waals surface area contributed by atoms with Gasteiger partial charge in [0.2, 0.25) is 23.6 Å². The van der Waals surface area contributed by atoms with E-state index >= 15 is 0 Å². The van der Waals surface area contributed by atoms with Crippen LogP contribution in [0.4, 0.5) is 16.2 Å². The molecule has 6 rings (SSSR count). The number of thioether (sulfide) groups is 1. The maximum absolute atomic E-state index is 13.7. The Labute approximate surface area is 450 Å². The molecular weight excluding hydrogens is 971 g/mol. The lowest BCUT2D eigenvalue weighted by Gasteiger charge is -2.58. The summed E-state index contributed by atoms with van der Waals surface area (Å²) in [5.74, 6) is 4.07. The summed E-state index contributed by atoms with van der Waals surface area (Å²) >= 11 is 1.53. The second kappa shape index (κ2) is 27.9. The molecule has 2 aromatic rings. The molecule has 3 fully saturated rings. The molecule has 75 heavy (non-hydrogen) atoms. The first-order valence-electron chi connectivity index (χ1n) is 27.9. The Balaban J connectivity index is 0.883. The highest BCUT2D eigenvalue weighted by Gasteiger charge is 2.59. The number of hydrogen-bond acceptors (Lipinski definition) is 11. The Kier molecular flexibility index (Phi) is 22.1. The number of nitro benzene ring substituents is 1. The highest BCUT2D eigenvalue weighted by Crippen LogP contribution is 2.67. The average molecular weight is 1060 g/mol. The van der Waals surface area contributed by atoms with Crippen molar-refractivity contribution in [3.63, 3.8) is 0 Å². The number of fused-ring (bicyclic) bond motifs is 5. The molecule has 0 aliphatic heterocycles. The number of hydrogen-bond donors (Lipinski definition) is 4. The summed E-state index contributed by atoms with van der Waals surface area (Å²) in [6.45, 7) is 17.3. The lowest BCUT2D eigenvalue weighted by Crippen LogP contribution is -2.53. The van der Waals surface area contributed by atoms with E-state index in [0.717, 1.165) is 48.3 Å². The fourth-order valence-corrected chi connectivity index (χ4v) is 13.7. The number of ether oxygens (including phenoxy) is 3. The molecule has 414 valence electrons. The molecule has 10 atom stereocenters. The van der Waals surface area contributed by atoms with E-state index in [2.05, 4.69) is 62.0 Å². The van der Waals surface area contributed by atoms with Gasteiger partial charge in [-0.15, -0.1) is 0 Å². The van der Waals surface area contributed by atoms with Gasteiger partial charge in [-0.05, 0) is 165 Å². The van der Waals surface area contributed by atoms with Gasteiger partial charge in [0.25, 0.3) is 5.69 Å². The minimum absolute atomic E-state index is 0.0197. The van der Waals surface area contributed by atoms with Gasteiger partial charge in [0.15, 0.2) is 0 Å². The van der Waals surface area contributed by atoms with Crippen LogP contribution in [0.1, 0.15) is 157 Å². The number of carbonyl (C=O) groups is 5. The number of non-ortho nitro benzene ring substituents is 1. The largest absolute Gasteiger partial charge is 0.514 e. The summed E-state index contributed by atoms with van der Waals surface area (Å²) in [6, 6.07) is 9.78. The van der Waals surface area contributed by atoms with Crippen molar-refractivity contribution in [2.75, 3.05) is 30.5 Å². The minimum atomic E-state index is -0.991. The van der Waals surface area contributed by atoms with Crippen molar-refractivity contribution in [1.29, 1.82) is 0 Å². The summed E-state index contributed by atoms with van der Waals surface area (Å²) in [4.78, 5) is 75.7. The Morgan fingerprint density at radius 1 is 0.800 bits per heavy atom. The predicted molar refractivity (Wildman–Crippen MR) is 295 cm³/mol. The first-order valence-corrected chi connectivity index (χ1v) is 29.3. The fraction of sp³-hybridized carbons (Fsp3) is 0.678. The maximum atomic E-state index is 13.7. The molecule has 0 saturated heterocycles. The molecule has 0 heterocycles. The van der Waals surface area contributed by atoms with Crippen LogP contribution < -0.4 is 26.0 Å². The number of allylic oxidation sites excluding steroid dienone is 1. The second-order valence-electron chi connectivity index (χ2n) is 23.4. The van der Waals surface area contributed by atoms with Crippen LogP contribution in [0.25, 0.3) is 0 Å². The standard InChI is InChI=1S/C59H87N5O10S/c1-38(2)11-9-12-40(5)48-23-24-49-47-22-15-42-36-46(27-30-58(42,6)50(47)28-31-59(48,49)7)72-33-10-32-60-53(65)25-26-54(66)62-52(35-39(3)4)56(68)63-51(29-34-75-8)55(67)61-43-16-13-41(14-17-43)37-73-57(69)74-45-20-18-44(19-21-45)64(70)71/h13-21,38-40,46-52H,9-12,22-37H2,1-8H3,(H,60,65)(H,61,67)(H,62,66)(H,63,68)/t40-,46+,47+,48-,49+,50+,51+,52+,58+,59-/m1/s1. The topological polar surface area (TPSA) is 204 Å². The molecule has 0 bridgehead atoms. The summed E-state index contributed by atoms with van der Waals surface area (Å²) < 4.78 is 16.7. The summed E-state index contributed by atoms with van der Waals surface area (Å²) in [5.41, 5.74) is 3.30. The number of benzene rings is 2. The van der Waals surface area contributed by atoms with Crippen molar-refractivity contribution >= 4 is 52.9 Å². The Bertz CT molecular complexity index is 2270. The lowest BCUT2D eigenvalue weighted by atomic mass is 9.47. The summed E-state index contributed by atoms with van der Waals surface area (Å²) in [7, 11) is 0. The number of nitrogens with zero attached hydrogens (tertiary/aromatic N) is 1. The molecule has 0 radical (unpaired) electrons. The quantitative estimate of drug-likeness (QED) is 0.0165. The third kappa shape index (κ3) is 16.5. The smallest absolute Gasteiger partial charge is 0.429 e. The lowest BCUT2D eigenvalue weighted by molar-refractivity contribution is -0.384. The number of amides is 4. The number of carbonyl (C=O) groups excluding carboxylic acids is 5. The minimum Gasteiger partial charge on any atom is -0.429 e. The Hall–Kier alpha value is -4.96. The van der Waals surface area contributed by atoms with Crippen LogP contribution in [-0.4, -0.2) is 78.1 Å². The molecule has 4 amide bonds. The Morgan fingerprint density at radius 2 is 1.53 bits per heavy atom. The maximum Gasteiger partial charge on any atom is 0.514 e. The van der Waals surface area contributed by atoms with E-state index in [9.17, 15) is 34.1 Å². The van der Waals surface area contributed by atoms with E-state index in [4.69, 9.17) is 14.2 Å². The van der Waals surface area contributed by atoms with Gasteiger partial charge in [0.05, 0.1) is 11.0 Å². The van der Waals surface area contributed by atoms with Crippen LogP contribution in [0.2, 0.25) is 0 Å². The molecule has 4 N–H and O–H groups in total. The van der Waals surface area contributed by atoms with Crippen LogP contribution in [0.15, 0.2) is 60.2 Å². The van der Waals surface area contributed by atoms with Crippen LogP contribution in [-0.2, 0) is 35.3 Å². The van der Waals surface area contributed by atoms with Crippen LogP contribution in [0.5, 0.6) is 5.75 Å². The molecule has 0 spiro atoms.